The second-order valence-electron chi connectivity index (χ2n) is 7.17. The van der Waals surface area contributed by atoms with E-state index in [9.17, 15) is 22.4 Å². The van der Waals surface area contributed by atoms with Crippen LogP contribution in [0.1, 0.15) is 32.3 Å². The van der Waals surface area contributed by atoms with Gasteiger partial charge in [0.25, 0.3) is 0 Å². The maximum atomic E-state index is 14.4. The van der Waals surface area contributed by atoms with E-state index < -0.39 is 23.3 Å². The fraction of sp³-hybridized carbons (Fsp3) is 0.421. The number of ether oxygens (including phenoxy) is 1. The molecule has 1 aromatic heterocycles. The molecule has 4 nitrogen and oxygen atoms in total. The lowest BCUT2D eigenvalue weighted by molar-refractivity contribution is -0.274. The van der Waals surface area contributed by atoms with Gasteiger partial charge in [-0.1, -0.05) is 19.9 Å². The fourth-order valence-electron chi connectivity index (χ4n) is 3.14. The van der Waals surface area contributed by atoms with Gasteiger partial charge in [-0.25, -0.2) is 4.39 Å². The Labute approximate surface area is 154 Å². The number of nitrogens with zero attached hydrogens (tertiary/aromatic N) is 1. The van der Waals surface area contributed by atoms with Crippen molar-refractivity contribution < 1.29 is 27.1 Å². The summed E-state index contributed by atoms with van der Waals surface area (Å²) in [7, 11) is 0. The van der Waals surface area contributed by atoms with Crippen molar-refractivity contribution >= 4 is 11.7 Å². The summed E-state index contributed by atoms with van der Waals surface area (Å²) in [6.07, 6.45) is -2.19. The van der Waals surface area contributed by atoms with Crippen molar-refractivity contribution in [3.05, 3.63) is 47.9 Å². The van der Waals surface area contributed by atoms with Crippen LogP contribution in [0.25, 0.3) is 0 Å². The van der Waals surface area contributed by atoms with Crippen LogP contribution in [0.4, 0.5) is 23.4 Å². The van der Waals surface area contributed by atoms with E-state index in [1.54, 1.807) is 12.1 Å². The quantitative estimate of drug-likeness (QED) is 0.724. The molecule has 1 N–H and O–H groups in total. The van der Waals surface area contributed by atoms with Gasteiger partial charge in [-0.3, -0.25) is 4.79 Å². The maximum Gasteiger partial charge on any atom is 0.573 e. The predicted octanol–water partition coefficient (Wildman–Crippen LogP) is 4.85. The van der Waals surface area contributed by atoms with Crippen molar-refractivity contribution in [1.29, 1.82) is 0 Å². The highest BCUT2D eigenvalue weighted by molar-refractivity contribution is 6.01. The molecule has 8 heteroatoms. The Bertz CT molecular complexity index is 838. The van der Waals surface area contributed by atoms with E-state index in [2.05, 4.69) is 10.1 Å². The summed E-state index contributed by atoms with van der Waals surface area (Å²) in [5.41, 5.74) is -0.982. The summed E-state index contributed by atoms with van der Waals surface area (Å²) in [5, 5.41) is 2.82. The lowest BCUT2D eigenvalue weighted by Gasteiger charge is -2.19. The van der Waals surface area contributed by atoms with Gasteiger partial charge >= 0.3 is 6.36 Å². The first-order valence-corrected chi connectivity index (χ1v) is 8.63. The minimum Gasteiger partial charge on any atom is -0.406 e. The smallest absolute Gasteiger partial charge is 0.406 e. The van der Waals surface area contributed by atoms with Crippen LogP contribution >= 0.6 is 0 Å². The molecule has 27 heavy (non-hydrogen) atoms. The third kappa shape index (κ3) is 4.26. The largest absolute Gasteiger partial charge is 0.573 e. The highest BCUT2D eigenvalue weighted by Crippen LogP contribution is 2.50. The van der Waals surface area contributed by atoms with E-state index in [-0.39, 0.29) is 11.5 Å². The van der Waals surface area contributed by atoms with Gasteiger partial charge in [0.2, 0.25) is 5.91 Å². The fourth-order valence-corrected chi connectivity index (χ4v) is 3.14. The number of anilines is 1. The van der Waals surface area contributed by atoms with Crippen molar-refractivity contribution in [2.45, 2.75) is 45.0 Å². The first kappa shape index (κ1) is 19.3. The number of aromatic nitrogens is 1. The third-order valence-electron chi connectivity index (χ3n) is 4.51. The van der Waals surface area contributed by atoms with Crippen LogP contribution in [0.5, 0.6) is 5.75 Å². The minimum absolute atomic E-state index is 0.0801. The first-order chi connectivity index (χ1) is 12.6. The number of amides is 1. The molecule has 0 bridgehead atoms. The van der Waals surface area contributed by atoms with Gasteiger partial charge in [0.05, 0.1) is 5.41 Å². The molecule has 1 saturated carbocycles. The van der Waals surface area contributed by atoms with Gasteiger partial charge in [-0.2, -0.15) is 0 Å². The first-order valence-electron chi connectivity index (χ1n) is 8.63. The van der Waals surface area contributed by atoms with Crippen molar-refractivity contribution in [3.63, 3.8) is 0 Å². The molecule has 146 valence electrons. The summed E-state index contributed by atoms with van der Waals surface area (Å²) in [4.78, 5) is 12.8. The molecule has 0 saturated heterocycles. The second-order valence-corrected chi connectivity index (χ2v) is 7.17. The van der Waals surface area contributed by atoms with E-state index in [1.807, 2.05) is 24.6 Å². The Morgan fingerprint density at radius 3 is 2.56 bits per heavy atom. The molecule has 0 atom stereocenters. The van der Waals surface area contributed by atoms with Crippen molar-refractivity contribution in [1.82, 2.24) is 4.57 Å². The molecule has 0 radical (unpaired) electrons. The van der Waals surface area contributed by atoms with Gasteiger partial charge in [0.15, 0.2) is 0 Å². The normalized spacial score (nSPS) is 15.7. The zero-order valence-corrected chi connectivity index (χ0v) is 14.9. The zero-order valence-electron chi connectivity index (χ0n) is 14.9. The molecule has 1 aromatic carbocycles. The molecule has 3 rings (SSSR count). The standard InChI is InChI=1S/C19H20F4N2O2/c1-12(2)11-25-9-3-4-16(25)24-17(26)18(7-8-18)14-6-5-13(10-15(14)20)27-19(21,22)23/h3-6,9-10,12H,7-8,11H2,1-2H3,(H,24,26). The van der Waals surface area contributed by atoms with Gasteiger partial charge in [-0.05, 0) is 37.0 Å². The zero-order chi connectivity index (χ0) is 19.8. The van der Waals surface area contributed by atoms with Gasteiger partial charge in [0, 0.05) is 24.4 Å². The number of rotatable bonds is 6. The van der Waals surface area contributed by atoms with Crippen LogP contribution in [-0.4, -0.2) is 16.8 Å². The predicted molar refractivity (Wildman–Crippen MR) is 91.9 cm³/mol. The van der Waals surface area contributed by atoms with Crippen LogP contribution in [0, 0.1) is 11.7 Å². The molecule has 1 heterocycles. The second kappa shape index (κ2) is 6.90. The monoisotopic (exact) mass is 384 g/mol. The third-order valence-corrected chi connectivity index (χ3v) is 4.51. The lowest BCUT2D eigenvalue weighted by atomic mass is 9.94. The summed E-state index contributed by atoms with van der Waals surface area (Å²) in [5.74, 6) is -0.915. The minimum atomic E-state index is -4.90. The Hall–Kier alpha value is -2.51. The average molecular weight is 384 g/mol. The Morgan fingerprint density at radius 2 is 2.00 bits per heavy atom. The molecule has 1 aliphatic rings. The topological polar surface area (TPSA) is 43.3 Å². The Morgan fingerprint density at radius 1 is 1.30 bits per heavy atom. The van der Waals surface area contributed by atoms with Crippen LogP contribution in [0.2, 0.25) is 0 Å². The number of hydrogen-bond acceptors (Lipinski definition) is 2. The number of carbonyl (C=O) groups is 1. The molecule has 0 aliphatic heterocycles. The van der Waals surface area contributed by atoms with Crippen molar-refractivity contribution in [2.75, 3.05) is 5.32 Å². The summed E-state index contributed by atoms with van der Waals surface area (Å²) in [6, 6.07) is 6.45. The van der Waals surface area contributed by atoms with E-state index in [1.165, 1.54) is 6.07 Å². The van der Waals surface area contributed by atoms with Crippen LogP contribution in [-0.2, 0) is 16.8 Å². The SMILES string of the molecule is CC(C)Cn1cccc1NC(=O)C1(c2ccc(OC(F)(F)F)cc2F)CC1. The lowest BCUT2D eigenvalue weighted by Crippen LogP contribution is -2.30. The van der Waals surface area contributed by atoms with E-state index in [4.69, 9.17) is 0 Å². The number of benzene rings is 1. The van der Waals surface area contributed by atoms with Crippen LogP contribution in [0.15, 0.2) is 36.5 Å². The van der Waals surface area contributed by atoms with Gasteiger partial charge in [-0.15, -0.1) is 13.2 Å². The van der Waals surface area contributed by atoms with E-state index in [0.717, 1.165) is 6.07 Å². The number of halogens is 4. The van der Waals surface area contributed by atoms with E-state index >= 15 is 0 Å². The Balaban J connectivity index is 1.79. The summed E-state index contributed by atoms with van der Waals surface area (Å²) < 4.78 is 56.9. The van der Waals surface area contributed by atoms with Gasteiger partial charge < -0.3 is 14.6 Å². The molecule has 0 unspecified atom stereocenters. The molecule has 1 amide bonds. The summed E-state index contributed by atoms with van der Waals surface area (Å²) in [6.45, 7) is 4.81. The maximum absolute atomic E-state index is 14.4. The number of carbonyl (C=O) groups excluding carboxylic acids is 1. The van der Waals surface area contributed by atoms with Gasteiger partial charge in [0.1, 0.15) is 17.4 Å². The average Bonchev–Trinajstić information content (AvgIpc) is 3.23. The van der Waals surface area contributed by atoms with Crippen molar-refractivity contribution in [2.24, 2.45) is 5.92 Å². The molecule has 0 spiro atoms. The Kier molecular flexibility index (Phi) is 4.92. The highest BCUT2D eigenvalue weighted by atomic mass is 19.4. The van der Waals surface area contributed by atoms with Crippen molar-refractivity contribution in [3.8, 4) is 5.75 Å². The molecular weight excluding hydrogens is 364 g/mol. The summed E-state index contributed by atoms with van der Waals surface area (Å²) >= 11 is 0. The molecule has 2 aromatic rings. The molecular formula is C19H20F4N2O2. The highest BCUT2D eigenvalue weighted by Gasteiger charge is 2.53. The number of hydrogen-bond donors (Lipinski definition) is 1. The molecule has 1 aliphatic carbocycles. The van der Waals surface area contributed by atoms with Crippen LogP contribution in [0.3, 0.4) is 0 Å². The van der Waals surface area contributed by atoms with Crippen LogP contribution < -0.4 is 10.1 Å². The number of nitrogens with one attached hydrogen (secondary N) is 1. The number of alkyl halides is 3. The molecule has 1 fully saturated rings. The van der Waals surface area contributed by atoms with E-state index in [0.29, 0.717) is 37.2 Å².